The van der Waals surface area contributed by atoms with Gasteiger partial charge in [-0.1, -0.05) is 0 Å². The molecule has 0 radical (unpaired) electrons. The first-order chi connectivity index (χ1) is 13.4. The van der Waals surface area contributed by atoms with Crippen LogP contribution < -0.4 is 0 Å². The summed E-state index contributed by atoms with van der Waals surface area (Å²) in [5.74, 6) is 0.612. The molecule has 1 N–H and O–H groups in total. The van der Waals surface area contributed by atoms with Gasteiger partial charge in [0.25, 0.3) is 5.91 Å². The van der Waals surface area contributed by atoms with Crippen LogP contribution >= 0.6 is 0 Å². The van der Waals surface area contributed by atoms with Gasteiger partial charge in [0.2, 0.25) is 0 Å². The second-order valence-corrected chi connectivity index (χ2v) is 6.90. The maximum Gasteiger partial charge on any atom is 0.340 e. The van der Waals surface area contributed by atoms with Gasteiger partial charge < -0.3 is 23.5 Å². The van der Waals surface area contributed by atoms with Gasteiger partial charge in [-0.15, -0.1) is 0 Å². The maximum absolute atomic E-state index is 13.3. The van der Waals surface area contributed by atoms with E-state index in [0.29, 0.717) is 34.0 Å². The predicted octanol–water partition coefficient (Wildman–Crippen LogP) is 4.23. The SMILES string of the molecule is Cc1[nH]c(C(=O)N(Cc2ccco2)Cc2ccco2)c(C)c1C(=O)OC(C)C. The van der Waals surface area contributed by atoms with Crippen LogP contribution in [-0.4, -0.2) is 27.9 Å². The lowest BCUT2D eigenvalue weighted by atomic mass is 10.1. The number of H-pyrrole nitrogens is 1. The van der Waals surface area contributed by atoms with Crippen molar-refractivity contribution in [2.24, 2.45) is 0 Å². The molecule has 148 valence electrons. The summed E-state index contributed by atoms with van der Waals surface area (Å²) >= 11 is 0. The number of esters is 1. The highest BCUT2D eigenvalue weighted by atomic mass is 16.5. The quantitative estimate of drug-likeness (QED) is 0.616. The second-order valence-electron chi connectivity index (χ2n) is 6.90. The number of carbonyl (C=O) groups excluding carboxylic acids is 2. The van der Waals surface area contributed by atoms with Gasteiger partial charge in [0.15, 0.2) is 0 Å². The van der Waals surface area contributed by atoms with E-state index in [9.17, 15) is 9.59 Å². The molecule has 0 aliphatic heterocycles. The summed E-state index contributed by atoms with van der Waals surface area (Å²) in [6, 6.07) is 7.16. The largest absolute Gasteiger partial charge is 0.467 e. The van der Waals surface area contributed by atoms with E-state index in [4.69, 9.17) is 13.6 Å². The minimum absolute atomic E-state index is 0.241. The number of ether oxygens (including phenoxy) is 1. The van der Waals surface area contributed by atoms with Crippen LogP contribution in [0.1, 0.15) is 57.5 Å². The number of aromatic nitrogens is 1. The lowest BCUT2D eigenvalue weighted by Crippen LogP contribution is -2.30. The van der Waals surface area contributed by atoms with Crippen molar-refractivity contribution in [3.8, 4) is 0 Å². The Balaban J connectivity index is 1.90. The van der Waals surface area contributed by atoms with Crippen molar-refractivity contribution in [3.63, 3.8) is 0 Å². The number of furan rings is 2. The van der Waals surface area contributed by atoms with E-state index in [2.05, 4.69) is 4.98 Å². The minimum atomic E-state index is -0.441. The number of aromatic amines is 1. The van der Waals surface area contributed by atoms with E-state index in [-0.39, 0.29) is 25.1 Å². The third kappa shape index (κ3) is 4.19. The summed E-state index contributed by atoms with van der Waals surface area (Å²) < 4.78 is 16.1. The van der Waals surface area contributed by atoms with Gasteiger partial charge in [-0.05, 0) is 57.5 Å². The zero-order chi connectivity index (χ0) is 20.3. The second kappa shape index (κ2) is 8.21. The third-order valence-corrected chi connectivity index (χ3v) is 4.34. The van der Waals surface area contributed by atoms with Gasteiger partial charge in [-0.25, -0.2) is 4.79 Å². The molecule has 0 spiro atoms. The van der Waals surface area contributed by atoms with Crippen molar-refractivity contribution in [2.45, 2.75) is 46.9 Å². The summed E-state index contributed by atoms with van der Waals surface area (Å²) in [6.45, 7) is 7.62. The van der Waals surface area contributed by atoms with Gasteiger partial charge in [-0.2, -0.15) is 0 Å². The van der Waals surface area contributed by atoms with Crippen LogP contribution in [0, 0.1) is 13.8 Å². The Morgan fingerprint density at radius 2 is 1.64 bits per heavy atom. The topological polar surface area (TPSA) is 88.7 Å². The molecule has 0 fully saturated rings. The number of carbonyl (C=O) groups is 2. The minimum Gasteiger partial charge on any atom is -0.467 e. The number of rotatable bonds is 7. The van der Waals surface area contributed by atoms with E-state index in [1.165, 1.54) is 0 Å². The molecule has 0 aliphatic rings. The summed E-state index contributed by atoms with van der Waals surface area (Å²) in [4.78, 5) is 30.4. The molecule has 3 rings (SSSR count). The van der Waals surface area contributed by atoms with Gasteiger partial charge in [-0.3, -0.25) is 4.79 Å². The molecule has 3 aromatic heterocycles. The smallest absolute Gasteiger partial charge is 0.340 e. The Morgan fingerprint density at radius 1 is 1.07 bits per heavy atom. The summed E-state index contributed by atoms with van der Waals surface area (Å²) in [7, 11) is 0. The molecule has 7 heteroatoms. The van der Waals surface area contributed by atoms with Crippen LogP contribution in [0.25, 0.3) is 0 Å². The first-order valence-corrected chi connectivity index (χ1v) is 9.11. The van der Waals surface area contributed by atoms with Crippen LogP contribution in [0.3, 0.4) is 0 Å². The molecule has 28 heavy (non-hydrogen) atoms. The van der Waals surface area contributed by atoms with Crippen LogP contribution in [0.15, 0.2) is 45.6 Å². The number of nitrogens with zero attached hydrogens (tertiary/aromatic N) is 1. The summed E-state index contributed by atoms with van der Waals surface area (Å²) in [5, 5.41) is 0. The molecular weight excluding hydrogens is 360 g/mol. The first kappa shape index (κ1) is 19.5. The Kier molecular flexibility index (Phi) is 5.73. The van der Waals surface area contributed by atoms with Crippen molar-refractivity contribution in [2.75, 3.05) is 0 Å². The third-order valence-electron chi connectivity index (χ3n) is 4.34. The van der Waals surface area contributed by atoms with Gasteiger partial charge in [0, 0.05) is 5.69 Å². The molecule has 0 aliphatic carbocycles. The van der Waals surface area contributed by atoms with Crippen molar-refractivity contribution in [3.05, 3.63) is 70.8 Å². The average molecular weight is 384 g/mol. The van der Waals surface area contributed by atoms with Gasteiger partial charge in [0.1, 0.15) is 17.2 Å². The van der Waals surface area contributed by atoms with Gasteiger partial charge in [0.05, 0.1) is 37.3 Å². The highest BCUT2D eigenvalue weighted by molar-refractivity contribution is 6.00. The molecule has 0 saturated heterocycles. The Hall–Kier alpha value is -3.22. The molecule has 0 bridgehead atoms. The van der Waals surface area contributed by atoms with Crippen LogP contribution in [0.5, 0.6) is 0 Å². The zero-order valence-corrected chi connectivity index (χ0v) is 16.4. The summed E-state index contributed by atoms with van der Waals surface area (Å²) in [6.07, 6.45) is 2.89. The lowest BCUT2D eigenvalue weighted by Gasteiger charge is -2.20. The Bertz CT molecular complexity index is 900. The molecule has 0 aromatic carbocycles. The molecule has 3 aromatic rings. The number of aryl methyl sites for hydroxylation is 1. The maximum atomic E-state index is 13.3. The zero-order valence-electron chi connectivity index (χ0n) is 16.4. The Morgan fingerprint density at radius 3 is 2.11 bits per heavy atom. The van der Waals surface area contributed by atoms with E-state index >= 15 is 0 Å². The molecule has 7 nitrogen and oxygen atoms in total. The number of hydrogen-bond donors (Lipinski definition) is 1. The molecule has 0 saturated carbocycles. The number of amides is 1. The van der Waals surface area contributed by atoms with E-state index in [0.717, 1.165) is 0 Å². The van der Waals surface area contributed by atoms with Crippen molar-refractivity contribution in [1.29, 1.82) is 0 Å². The number of nitrogens with one attached hydrogen (secondary N) is 1. The Labute approximate surface area is 163 Å². The van der Waals surface area contributed by atoms with Crippen molar-refractivity contribution >= 4 is 11.9 Å². The average Bonchev–Trinajstić information content (AvgIpc) is 3.35. The highest BCUT2D eigenvalue weighted by Crippen LogP contribution is 2.23. The fourth-order valence-electron chi connectivity index (χ4n) is 3.08. The lowest BCUT2D eigenvalue weighted by molar-refractivity contribution is 0.0376. The monoisotopic (exact) mass is 384 g/mol. The molecule has 1 amide bonds. The molecule has 0 atom stereocenters. The van der Waals surface area contributed by atoms with E-state index in [1.807, 2.05) is 0 Å². The van der Waals surface area contributed by atoms with E-state index in [1.54, 1.807) is 69.4 Å². The van der Waals surface area contributed by atoms with Crippen LogP contribution in [0.4, 0.5) is 0 Å². The van der Waals surface area contributed by atoms with Crippen LogP contribution in [-0.2, 0) is 17.8 Å². The summed E-state index contributed by atoms with van der Waals surface area (Å²) in [5.41, 5.74) is 1.92. The standard InChI is InChI=1S/C21H24N2O5/c1-13(2)28-21(25)18-14(3)19(22-15(18)4)20(24)23(11-16-7-5-9-26-16)12-17-8-6-10-27-17/h5-10,13,22H,11-12H2,1-4H3. The van der Waals surface area contributed by atoms with Crippen molar-refractivity contribution < 1.29 is 23.2 Å². The first-order valence-electron chi connectivity index (χ1n) is 9.11. The predicted molar refractivity (Wildman–Crippen MR) is 102 cm³/mol. The fraction of sp³-hybridized carbons (Fsp3) is 0.333. The molecule has 0 unspecified atom stereocenters. The normalized spacial score (nSPS) is 11.0. The number of hydrogen-bond acceptors (Lipinski definition) is 5. The van der Waals surface area contributed by atoms with E-state index < -0.39 is 5.97 Å². The fourth-order valence-corrected chi connectivity index (χ4v) is 3.08. The highest BCUT2D eigenvalue weighted by Gasteiger charge is 2.27. The molecular formula is C21H24N2O5. The van der Waals surface area contributed by atoms with Gasteiger partial charge >= 0.3 is 5.97 Å². The molecule has 3 heterocycles. The van der Waals surface area contributed by atoms with Crippen LogP contribution in [0.2, 0.25) is 0 Å². The van der Waals surface area contributed by atoms with Crippen molar-refractivity contribution in [1.82, 2.24) is 9.88 Å².